The van der Waals surface area contributed by atoms with E-state index in [-0.39, 0.29) is 17.7 Å². The van der Waals surface area contributed by atoms with Crippen LogP contribution in [0.1, 0.15) is 57.1 Å². The Bertz CT molecular complexity index is 1340. The topological polar surface area (TPSA) is 102 Å². The van der Waals surface area contributed by atoms with E-state index in [4.69, 9.17) is 4.98 Å². The molecule has 1 N–H and O–H groups in total. The van der Waals surface area contributed by atoms with Crippen molar-refractivity contribution < 1.29 is 9.59 Å². The van der Waals surface area contributed by atoms with Gasteiger partial charge in [-0.15, -0.1) is 0 Å². The van der Waals surface area contributed by atoms with Gasteiger partial charge in [-0.1, -0.05) is 58.0 Å². The molecule has 3 aromatic rings. The molecule has 0 saturated heterocycles. The lowest BCUT2D eigenvalue weighted by atomic mass is 10.0. The summed E-state index contributed by atoms with van der Waals surface area (Å²) < 4.78 is 0. The van der Waals surface area contributed by atoms with Gasteiger partial charge in [-0.3, -0.25) is 9.59 Å². The minimum absolute atomic E-state index is 0.131. The summed E-state index contributed by atoms with van der Waals surface area (Å²) in [5.41, 5.74) is 4.33. The zero-order valence-corrected chi connectivity index (χ0v) is 24.3. The van der Waals surface area contributed by atoms with Crippen molar-refractivity contribution in [3.63, 3.8) is 0 Å². The second-order valence-electron chi connectivity index (χ2n) is 10.0. The Kier molecular flexibility index (Phi) is 11.3. The number of hydrogen-bond acceptors (Lipinski definition) is 6. The number of carbonyl (C=O) groups is 2. The van der Waals surface area contributed by atoms with Crippen molar-refractivity contribution >= 4 is 17.5 Å². The normalized spacial score (nSPS) is 10.9. The van der Waals surface area contributed by atoms with Crippen LogP contribution in [0.2, 0.25) is 0 Å². The Morgan fingerprint density at radius 1 is 0.975 bits per heavy atom. The molecule has 0 spiro atoms. The Morgan fingerprint density at radius 3 is 2.40 bits per heavy atom. The molecular weight excluding hydrogens is 500 g/mol. The summed E-state index contributed by atoms with van der Waals surface area (Å²) in [6.07, 6.45) is 2.58. The van der Waals surface area contributed by atoms with E-state index in [1.54, 1.807) is 38.2 Å². The molecule has 8 heteroatoms. The molecule has 1 aromatic heterocycles. The Balaban J connectivity index is 1.71. The van der Waals surface area contributed by atoms with E-state index in [1.807, 2.05) is 42.2 Å². The van der Waals surface area contributed by atoms with Crippen LogP contribution in [-0.4, -0.2) is 64.3 Å². The fourth-order valence-electron chi connectivity index (χ4n) is 4.41. The van der Waals surface area contributed by atoms with Gasteiger partial charge in [0.25, 0.3) is 0 Å². The lowest BCUT2D eigenvalue weighted by Gasteiger charge is -2.25. The highest BCUT2D eigenvalue weighted by Gasteiger charge is 2.15. The first-order valence-corrected chi connectivity index (χ1v) is 14.0. The van der Waals surface area contributed by atoms with Gasteiger partial charge in [0.15, 0.2) is 0 Å². The molecule has 0 unspecified atom stereocenters. The zero-order chi connectivity index (χ0) is 29.1. The van der Waals surface area contributed by atoms with E-state index in [2.05, 4.69) is 35.1 Å². The molecule has 0 saturated carbocycles. The lowest BCUT2D eigenvalue weighted by Crippen LogP contribution is -2.39. The molecule has 2 aromatic carbocycles. The maximum atomic E-state index is 13.0. The SMILES string of the molecule is CCN(CC)CCN(CC)C(=O)Cc1cccc(Cc2nccc(-c3ccc(NC(=O)C(C)C)c(C#N)c3)n2)c1. The molecule has 2 amide bonds. The van der Waals surface area contributed by atoms with Crippen LogP contribution < -0.4 is 5.32 Å². The number of amides is 2. The number of likely N-dealkylation sites (N-methyl/N-ethyl adjacent to an activating group) is 2. The van der Waals surface area contributed by atoms with E-state index < -0.39 is 0 Å². The number of benzene rings is 2. The van der Waals surface area contributed by atoms with Crippen LogP contribution in [0.5, 0.6) is 0 Å². The molecule has 1 heterocycles. The molecule has 3 rings (SSSR count). The summed E-state index contributed by atoms with van der Waals surface area (Å²) >= 11 is 0. The van der Waals surface area contributed by atoms with Crippen LogP contribution in [0.15, 0.2) is 54.7 Å². The predicted molar refractivity (Wildman–Crippen MR) is 159 cm³/mol. The fourth-order valence-corrected chi connectivity index (χ4v) is 4.41. The van der Waals surface area contributed by atoms with Gasteiger partial charge in [-0.2, -0.15) is 5.26 Å². The van der Waals surface area contributed by atoms with Gasteiger partial charge in [-0.05, 0) is 49.3 Å². The zero-order valence-electron chi connectivity index (χ0n) is 24.3. The van der Waals surface area contributed by atoms with Crippen LogP contribution in [0.3, 0.4) is 0 Å². The molecular formula is C32H40N6O2. The Morgan fingerprint density at radius 2 is 1.73 bits per heavy atom. The van der Waals surface area contributed by atoms with Crippen LogP contribution in [0, 0.1) is 17.2 Å². The monoisotopic (exact) mass is 540 g/mol. The average molecular weight is 541 g/mol. The van der Waals surface area contributed by atoms with Crippen molar-refractivity contribution in [2.24, 2.45) is 5.92 Å². The molecule has 0 aliphatic rings. The minimum atomic E-state index is -0.185. The van der Waals surface area contributed by atoms with Crippen LogP contribution in [0.25, 0.3) is 11.3 Å². The highest BCUT2D eigenvalue weighted by molar-refractivity contribution is 5.93. The molecule has 210 valence electrons. The fraction of sp³-hybridized carbons (Fsp3) is 0.406. The lowest BCUT2D eigenvalue weighted by molar-refractivity contribution is -0.130. The van der Waals surface area contributed by atoms with Gasteiger partial charge in [0, 0.05) is 43.7 Å². The molecule has 0 atom stereocenters. The Hall–Kier alpha value is -4.09. The second kappa shape index (κ2) is 14.9. The summed E-state index contributed by atoms with van der Waals surface area (Å²) in [6.45, 7) is 14.2. The molecule has 0 aliphatic carbocycles. The van der Waals surface area contributed by atoms with Crippen molar-refractivity contribution in [3.05, 3.63) is 77.2 Å². The van der Waals surface area contributed by atoms with Crippen molar-refractivity contribution in [1.29, 1.82) is 5.26 Å². The maximum absolute atomic E-state index is 13.0. The summed E-state index contributed by atoms with van der Waals surface area (Å²) in [5, 5.41) is 12.4. The number of anilines is 1. The van der Waals surface area contributed by atoms with Crippen molar-refractivity contribution in [3.8, 4) is 17.3 Å². The largest absolute Gasteiger partial charge is 0.341 e. The van der Waals surface area contributed by atoms with Gasteiger partial charge in [-0.25, -0.2) is 9.97 Å². The predicted octanol–water partition coefficient (Wildman–Crippen LogP) is 4.93. The van der Waals surface area contributed by atoms with Gasteiger partial charge >= 0.3 is 0 Å². The smallest absolute Gasteiger partial charge is 0.227 e. The molecule has 40 heavy (non-hydrogen) atoms. The third-order valence-electron chi connectivity index (χ3n) is 6.95. The van der Waals surface area contributed by atoms with Crippen LogP contribution >= 0.6 is 0 Å². The number of hydrogen-bond donors (Lipinski definition) is 1. The van der Waals surface area contributed by atoms with Crippen LogP contribution in [0.4, 0.5) is 5.69 Å². The van der Waals surface area contributed by atoms with Gasteiger partial charge in [0.05, 0.1) is 23.4 Å². The van der Waals surface area contributed by atoms with Gasteiger partial charge in [0.1, 0.15) is 11.9 Å². The van der Waals surface area contributed by atoms with Crippen molar-refractivity contribution in [2.75, 3.05) is 38.0 Å². The summed E-state index contributed by atoms with van der Waals surface area (Å²) in [7, 11) is 0. The first kappa shape index (κ1) is 30.5. The molecule has 0 bridgehead atoms. The Labute approximate surface area is 238 Å². The van der Waals surface area contributed by atoms with Crippen molar-refractivity contribution in [1.82, 2.24) is 19.8 Å². The number of nitrogens with zero attached hydrogens (tertiary/aromatic N) is 5. The average Bonchev–Trinajstić information content (AvgIpc) is 2.95. The van der Waals surface area contributed by atoms with Crippen molar-refractivity contribution in [2.45, 2.75) is 47.5 Å². The highest BCUT2D eigenvalue weighted by atomic mass is 16.2. The van der Waals surface area contributed by atoms with E-state index >= 15 is 0 Å². The van der Waals surface area contributed by atoms with Gasteiger partial charge in [0.2, 0.25) is 11.8 Å². The quantitative estimate of drug-likeness (QED) is 0.330. The minimum Gasteiger partial charge on any atom is -0.341 e. The number of nitrogens with one attached hydrogen (secondary N) is 1. The van der Waals surface area contributed by atoms with E-state index in [9.17, 15) is 14.9 Å². The number of aromatic nitrogens is 2. The first-order chi connectivity index (χ1) is 19.3. The summed E-state index contributed by atoms with van der Waals surface area (Å²) in [6, 6.07) is 17.3. The third-order valence-corrected chi connectivity index (χ3v) is 6.95. The summed E-state index contributed by atoms with van der Waals surface area (Å²) in [4.78, 5) is 38.5. The van der Waals surface area contributed by atoms with E-state index in [1.165, 1.54) is 0 Å². The molecule has 0 fully saturated rings. The third kappa shape index (κ3) is 8.45. The number of rotatable bonds is 13. The number of carbonyl (C=O) groups excluding carboxylic acids is 2. The van der Waals surface area contributed by atoms with Crippen LogP contribution in [-0.2, 0) is 22.4 Å². The molecule has 8 nitrogen and oxygen atoms in total. The maximum Gasteiger partial charge on any atom is 0.227 e. The highest BCUT2D eigenvalue weighted by Crippen LogP contribution is 2.24. The van der Waals surface area contributed by atoms with E-state index in [0.29, 0.717) is 42.2 Å². The summed E-state index contributed by atoms with van der Waals surface area (Å²) in [5.74, 6) is 0.451. The second-order valence-corrected chi connectivity index (χ2v) is 10.0. The molecule has 0 aliphatic heterocycles. The standard InChI is InChI=1S/C32H40N6O2/c1-6-37(7-2)16-17-38(8-3)31(39)20-25-11-9-10-24(18-25)19-30-34-15-14-29(35-30)26-12-13-28(27(21-26)22-33)36-32(40)23(4)5/h9-15,18,21,23H,6-8,16-17,19-20H2,1-5H3,(H,36,40). The first-order valence-electron chi connectivity index (χ1n) is 14.0. The molecule has 0 radical (unpaired) electrons. The number of nitriles is 1. The van der Waals surface area contributed by atoms with E-state index in [0.717, 1.165) is 42.9 Å². The van der Waals surface area contributed by atoms with Gasteiger partial charge < -0.3 is 15.1 Å².